The molecule has 1 aromatic heterocycles. The smallest absolute Gasteiger partial charge is 0.270 e. The maximum atomic E-state index is 12.8. The Hall–Kier alpha value is -2.15. The van der Waals surface area contributed by atoms with E-state index in [1.54, 1.807) is 0 Å². The number of ether oxygens (including phenoxy) is 1. The fourth-order valence-electron chi connectivity index (χ4n) is 3.51. The lowest BCUT2D eigenvalue weighted by Crippen LogP contribution is -2.19. The van der Waals surface area contributed by atoms with Crippen molar-refractivity contribution in [1.29, 1.82) is 0 Å². The highest BCUT2D eigenvalue weighted by atomic mass is 32.2. The van der Waals surface area contributed by atoms with Gasteiger partial charge in [-0.05, 0) is 37.0 Å². The zero-order chi connectivity index (χ0) is 20.1. The van der Waals surface area contributed by atoms with Gasteiger partial charge in [-0.15, -0.1) is 11.8 Å². The number of hydrogen-bond donors (Lipinski definition) is 2. The Bertz CT molecular complexity index is 853. The van der Waals surface area contributed by atoms with Gasteiger partial charge >= 0.3 is 0 Å². The summed E-state index contributed by atoms with van der Waals surface area (Å²) in [6, 6.07) is 8.02. The first kappa shape index (κ1) is 20.6. The predicted molar refractivity (Wildman–Crippen MR) is 114 cm³/mol. The molecular weight excluding hydrogens is 374 g/mol. The Balaban J connectivity index is 1.95. The van der Waals surface area contributed by atoms with Gasteiger partial charge in [0.2, 0.25) is 5.91 Å². The van der Waals surface area contributed by atoms with E-state index in [0.29, 0.717) is 23.7 Å². The van der Waals surface area contributed by atoms with E-state index >= 15 is 0 Å². The fourth-order valence-corrected chi connectivity index (χ4v) is 4.63. The molecule has 28 heavy (non-hydrogen) atoms. The molecule has 0 radical (unpaired) electrons. The summed E-state index contributed by atoms with van der Waals surface area (Å²) in [6.45, 7) is 7.00. The van der Waals surface area contributed by atoms with Crippen LogP contribution < -0.4 is 15.6 Å². The number of nitrogens with zero attached hydrogens (tertiary/aromatic N) is 1. The fraction of sp³-hybridized carbons (Fsp3) is 0.524. The Morgan fingerprint density at radius 2 is 1.89 bits per heavy atom. The largest absolute Gasteiger partial charge is 0.494 e. The number of rotatable bonds is 8. The van der Waals surface area contributed by atoms with Gasteiger partial charge in [0.15, 0.2) is 0 Å². The molecule has 6 nitrogen and oxygen atoms in total. The molecule has 0 fully saturated rings. The van der Waals surface area contributed by atoms with Crippen LogP contribution >= 0.6 is 11.8 Å². The minimum Gasteiger partial charge on any atom is -0.494 e. The van der Waals surface area contributed by atoms with Crippen LogP contribution in [0.2, 0.25) is 0 Å². The van der Waals surface area contributed by atoms with Crippen molar-refractivity contribution in [2.45, 2.75) is 57.7 Å². The summed E-state index contributed by atoms with van der Waals surface area (Å²) in [4.78, 5) is 25.1. The summed E-state index contributed by atoms with van der Waals surface area (Å²) >= 11 is 1.48. The lowest BCUT2D eigenvalue weighted by atomic mass is 10.1. The number of hydrogen-bond acceptors (Lipinski definition) is 4. The summed E-state index contributed by atoms with van der Waals surface area (Å²) in [7, 11) is 0. The molecule has 3 rings (SSSR count). The van der Waals surface area contributed by atoms with Crippen LogP contribution in [0.4, 0.5) is 5.82 Å². The zero-order valence-corrected chi connectivity index (χ0v) is 17.6. The van der Waals surface area contributed by atoms with Gasteiger partial charge in [-0.25, -0.2) is 0 Å². The van der Waals surface area contributed by atoms with Crippen molar-refractivity contribution >= 4 is 23.5 Å². The van der Waals surface area contributed by atoms with Crippen molar-refractivity contribution in [3.63, 3.8) is 0 Å². The molecule has 1 atom stereocenters. The third kappa shape index (κ3) is 4.29. The Morgan fingerprint density at radius 3 is 2.54 bits per heavy atom. The molecule has 2 heterocycles. The van der Waals surface area contributed by atoms with Gasteiger partial charge in [0.1, 0.15) is 11.6 Å². The van der Waals surface area contributed by atoms with Crippen molar-refractivity contribution in [2.24, 2.45) is 0 Å². The van der Waals surface area contributed by atoms with Crippen LogP contribution in [0.5, 0.6) is 5.75 Å². The van der Waals surface area contributed by atoms with E-state index in [2.05, 4.69) is 31.2 Å². The third-order valence-corrected chi connectivity index (χ3v) is 6.39. The number of anilines is 1. The van der Waals surface area contributed by atoms with Gasteiger partial charge in [0.05, 0.1) is 29.2 Å². The van der Waals surface area contributed by atoms with Crippen LogP contribution in [0.3, 0.4) is 0 Å². The van der Waals surface area contributed by atoms with Crippen molar-refractivity contribution in [3.05, 3.63) is 45.7 Å². The molecule has 1 amide bonds. The number of H-pyrrole nitrogens is 1. The molecule has 0 saturated carbocycles. The molecule has 0 bridgehead atoms. The molecule has 1 aromatic carbocycles. The van der Waals surface area contributed by atoms with Gasteiger partial charge in [-0.3, -0.25) is 19.4 Å². The summed E-state index contributed by atoms with van der Waals surface area (Å²) in [5.41, 5.74) is 1.49. The first-order valence-corrected chi connectivity index (χ1v) is 11.1. The van der Waals surface area contributed by atoms with E-state index in [-0.39, 0.29) is 22.8 Å². The summed E-state index contributed by atoms with van der Waals surface area (Å²) in [6.07, 6.45) is 3.88. The van der Waals surface area contributed by atoms with Crippen molar-refractivity contribution < 1.29 is 9.53 Å². The van der Waals surface area contributed by atoms with Crippen LogP contribution in [0.1, 0.15) is 68.9 Å². The minimum absolute atomic E-state index is 0.0769. The quantitative estimate of drug-likeness (QED) is 0.637. The summed E-state index contributed by atoms with van der Waals surface area (Å²) in [5.74, 6) is 1.68. The highest BCUT2D eigenvalue weighted by Gasteiger charge is 2.31. The van der Waals surface area contributed by atoms with Crippen LogP contribution in [0.15, 0.2) is 29.1 Å². The topological polar surface area (TPSA) is 76.1 Å². The Kier molecular flexibility index (Phi) is 6.88. The highest BCUT2D eigenvalue weighted by Crippen LogP contribution is 2.41. The molecule has 2 N–H and O–H groups in total. The lowest BCUT2D eigenvalue weighted by molar-refractivity contribution is -0.113. The average molecular weight is 404 g/mol. The predicted octanol–water partition coefficient (Wildman–Crippen LogP) is 4.49. The molecule has 0 saturated heterocycles. The zero-order valence-electron chi connectivity index (χ0n) is 16.8. The summed E-state index contributed by atoms with van der Waals surface area (Å²) in [5, 5.41) is 5.72. The highest BCUT2D eigenvalue weighted by molar-refractivity contribution is 8.00. The SMILES string of the molecule is CCCCOc1ccc(C2SCC(=O)Nc3c2c(=O)[nH]n3C(CC)CC)cc1. The number of fused-ring (bicyclic) bond motifs is 1. The maximum absolute atomic E-state index is 12.8. The van der Waals surface area contributed by atoms with Crippen molar-refractivity contribution in [2.75, 3.05) is 17.7 Å². The third-order valence-electron chi connectivity index (χ3n) is 5.12. The standard InChI is InChI=1S/C21H29N3O3S/c1-4-7-12-27-16-10-8-14(9-11-16)19-18-20(22-17(25)13-28-19)24(23-21(18)26)15(5-2)6-3/h8-11,15,19H,4-7,12-13H2,1-3H3,(H,22,25)(H,23,26). The monoisotopic (exact) mass is 403 g/mol. The van der Waals surface area contributed by atoms with Gasteiger partial charge in [-0.2, -0.15) is 0 Å². The second-order valence-electron chi connectivity index (χ2n) is 7.05. The first-order chi connectivity index (χ1) is 13.6. The van der Waals surface area contributed by atoms with Gasteiger partial charge < -0.3 is 10.1 Å². The van der Waals surface area contributed by atoms with Crippen LogP contribution in [-0.2, 0) is 4.79 Å². The second-order valence-corrected chi connectivity index (χ2v) is 8.15. The number of carbonyl (C=O) groups is 1. The van der Waals surface area contributed by atoms with E-state index in [9.17, 15) is 9.59 Å². The first-order valence-electron chi connectivity index (χ1n) is 10.1. The van der Waals surface area contributed by atoms with E-state index in [4.69, 9.17) is 4.74 Å². The number of aromatic amines is 1. The molecule has 1 unspecified atom stereocenters. The van der Waals surface area contributed by atoms with E-state index in [0.717, 1.165) is 37.0 Å². The van der Waals surface area contributed by atoms with Gasteiger partial charge in [0.25, 0.3) is 5.56 Å². The van der Waals surface area contributed by atoms with Gasteiger partial charge in [0, 0.05) is 0 Å². The normalized spacial score (nSPS) is 16.6. The molecule has 1 aliphatic rings. The number of carbonyl (C=O) groups excluding carboxylic acids is 1. The maximum Gasteiger partial charge on any atom is 0.270 e. The number of unbranched alkanes of at least 4 members (excludes halogenated alkanes) is 1. The molecule has 7 heteroatoms. The van der Waals surface area contributed by atoms with Crippen LogP contribution in [0, 0.1) is 0 Å². The Labute approximate surface area is 170 Å². The van der Waals surface area contributed by atoms with E-state index < -0.39 is 0 Å². The molecular formula is C21H29N3O3S. The lowest BCUT2D eigenvalue weighted by Gasteiger charge is -2.18. The molecule has 152 valence electrons. The number of nitrogens with one attached hydrogen (secondary N) is 2. The summed E-state index contributed by atoms with van der Waals surface area (Å²) < 4.78 is 7.59. The van der Waals surface area contributed by atoms with Crippen molar-refractivity contribution in [3.8, 4) is 5.75 Å². The van der Waals surface area contributed by atoms with Crippen LogP contribution in [0.25, 0.3) is 0 Å². The number of aromatic nitrogens is 2. The number of benzene rings is 1. The van der Waals surface area contributed by atoms with E-state index in [1.165, 1.54) is 11.8 Å². The molecule has 2 aromatic rings. The Morgan fingerprint density at radius 1 is 1.18 bits per heavy atom. The minimum atomic E-state index is -0.196. The molecule has 0 spiro atoms. The number of amides is 1. The second kappa shape index (κ2) is 9.37. The van der Waals surface area contributed by atoms with Gasteiger partial charge in [-0.1, -0.05) is 39.3 Å². The van der Waals surface area contributed by atoms with Crippen molar-refractivity contribution in [1.82, 2.24) is 9.78 Å². The van der Waals surface area contributed by atoms with E-state index in [1.807, 2.05) is 28.9 Å². The average Bonchev–Trinajstić information content (AvgIpc) is 2.89. The molecule has 0 aliphatic carbocycles. The number of thioether (sulfide) groups is 1. The van der Waals surface area contributed by atoms with Crippen LogP contribution in [-0.4, -0.2) is 28.0 Å². The molecule has 1 aliphatic heterocycles.